The molecule has 0 fully saturated rings. The van der Waals surface area contributed by atoms with Gasteiger partial charge in [-0.05, 0) is 38.1 Å². The Kier molecular flexibility index (Phi) is 5.35. The van der Waals surface area contributed by atoms with Gasteiger partial charge in [-0.2, -0.15) is 0 Å². The van der Waals surface area contributed by atoms with Crippen molar-refractivity contribution < 1.29 is 9.15 Å². The van der Waals surface area contributed by atoms with Gasteiger partial charge in [-0.15, -0.1) is 0 Å². The van der Waals surface area contributed by atoms with Crippen LogP contribution >= 0.6 is 23.2 Å². The first kappa shape index (κ1) is 19.6. The molecule has 1 heterocycles. The fraction of sp³-hybridized carbons (Fsp3) is 0.125. The molecule has 29 heavy (non-hydrogen) atoms. The normalized spacial score (nSPS) is 11.0. The van der Waals surface area contributed by atoms with E-state index in [9.17, 15) is 4.79 Å². The van der Waals surface area contributed by atoms with Crippen molar-refractivity contribution in [3.8, 4) is 17.1 Å². The fourth-order valence-electron chi connectivity index (χ4n) is 3.13. The molecule has 4 rings (SSSR count). The smallest absolute Gasteiger partial charge is 0.235 e. The Morgan fingerprint density at radius 3 is 2.24 bits per heavy atom. The van der Waals surface area contributed by atoms with Gasteiger partial charge in [0.1, 0.15) is 12.2 Å². The van der Waals surface area contributed by atoms with Crippen molar-refractivity contribution in [2.24, 2.45) is 0 Å². The van der Waals surface area contributed by atoms with Crippen molar-refractivity contribution in [2.75, 3.05) is 0 Å². The highest BCUT2D eigenvalue weighted by Gasteiger charge is 2.19. The van der Waals surface area contributed by atoms with E-state index >= 15 is 0 Å². The minimum atomic E-state index is -0.228. The second kappa shape index (κ2) is 7.94. The van der Waals surface area contributed by atoms with Gasteiger partial charge in [-0.3, -0.25) is 4.79 Å². The van der Waals surface area contributed by atoms with E-state index in [2.05, 4.69) is 0 Å². The highest BCUT2D eigenvalue weighted by molar-refractivity contribution is 6.35. The lowest BCUT2D eigenvalue weighted by Crippen LogP contribution is -2.11. The summed E-state index contributed by atoms with van der Waals surface area (Å²) in [6, 6.07) is 18.5. The second-order valence-corrected chi connectivity index (χ2v) is 7.76. The molecule has 0 spiro atoms. The maximum absolute atomic E-state index is 13.3. The van der Waals surface area contributed by atoms with Gasteiger partial charge in [0, 0.05) is 21.2 Å². The molecule has 0 aliphatic heterocycles. The lowest BCUT2D eigenvalue weighted by molar-refractivity contribution is 0.298. The molecule has 1 aromatic heterocycles. The van der Waals surface area contributed by atoms with Gasteiger partial charge < -0.3 is 9.15 Å². The molecule has 146 valence electrons. The zero-order chi connectivity index (χ0) is 20.5. The predicted octanol–water partition coefficient (Wildman–Crippen LogP) is 6.96. The van der Waals surface area contributed by atoms with Crippen molar-refractivity contribution in [3.05, 3.63) is 97.6 Å². The average Bonchev–Trinajstić information content (AvgIpc) is 2.70. The molecule has 5 heteroatoms. The van der Waals surface area contributed by atoms with Gasteiger partial charge in [-0.1, -0.05) is 70.7 Å². The molecule has 0 aliphatic carbocycles. The number of aryl methyl sites for hydroxylation is 2. The van der Waals surface area contributed by atoms with Crippen LogP contribution < -0.4 is 10.2 Å². The van der Waals surface area contributed by atoms with E-state index in [4.69, 9.17) is 32.4 Å². The lowest BCUT2D eigenvalue weighted by Gasteiger charge is -2.13. The molecular weight excluding hydrogens is 407 g/mol. The van der Waals surface area contributed by atoms with E-state index in [0.717, 1.165) is 16.7 Å². The molecule has 0 amide bonds. The van der Waals surface area contributed by atoms with Crippen molar-refractivity contribution in [1.82, 2.24) is 0 Å². The van der Waals surface area contributed by atoms with Crippen LogP contribution in [0.2, 0.25) is 10.0 Å². The second-order valence-electron chi connectivity index (χ2n) is 6.94. The molecule has 0 aliphatic rings. The van der Waals surface area contributed by atoms with Crippen molar-refractivity contribution in [3.63, 3.8) is 0 Å². The highest BCUT2D eigenvalue weighted by atomic mass is 35.5. The standard InChI is InChI=1S/C24H18Cl2O3/c1-14-6-9-16(10-7-14)23-24(28-13-18-19(25)4-3-5-20(18)26)22(27)17-12-15(2)8-11-21(17)29-23/h3-12H,13H2,1-2H3. The van der Waals surface area contributed by atoms with Crippen LogP contribution in [0.1, 0.15) is 16.7 Å². The van der Waals surface area contributed by atoms with Crippen LogP contribution in [0.5, 0.6) is 5.75 Å². The SMILES string of the molecule is Cc1ccc(-c2oc3ccc(C)cc3c(=O)c2OCc2c(Cl)cccc2Cl)cc1. The first-order valence-electron chi connectivity index (χ1n) is 9.14. The van der Waals surface area contributed by atoms with E-state index in [-0.39, 0.29) is 17.8 Å². The number of fused-ring (bicyclic) bond motifs is 1. The number of ether oxygens (including phenoxy) is 1. The van der Waals surface area contributed by atoms with Crippen molar-refractivity contribution in [1.29, 1.82) is 0 Å². The number of hydrogen-bond acceptors (Lipinski definition) is 3. The van der Waals surface area contributed by atoms with Crippen LogP contribution in [0.3, 0.4) is 0 Å². The first-order chi connectivity index (χ1) is 13.9. The minimum absolute atomic E-state index is 0.0550. The zero-order valence-electron chi connectivity index (χ0n) is 16.0. The Morgan fingerprint density at radius 2 is 1.55 bits per heavy atom. The fourth-order valence-corrected chi connectivity index (χ4v) is 3.64. The van der Waals surface area contributed by atoms with Gasteiger partial charge >= 0.3 is 0 Å². The Morgan fingerprint density at radius 1 is 0.897 bits per heavy atom. The van der Waals surface area contributed by atoms with E-state index in [1.54, 1.807) is 30.3 Å². The molecule has 0 saturated heterocycles. The molecule has 3 nitrogen and oxygen atoms in total. The molecule has 3 aromatic carbocycles. The van der Waals surface area contributed by atoms with Gasteiger partial charge in [0.15, 0.2) is 5.76 Å². The summed E-state index contributed by atoms with van der Waals surface area (Å²) >= 11 is 12.5. The maximum atomic E-state index is 13.3. The summed E-state index contributed by atoms with van der Waals surface area (Å²) in [5.41, 5.74) is 3.74. The zero-order valence-corrected chi connectivity index (χ0v) is 17.5. The Balaban J connectivity index is 1.87. The monoisotopic (exact) mass is 424 g/mol. The number of halogens is 2. The van der Waals surface area contributed by atoms with Gasteiger partial charge in [-0.25, -0.2) is 0 Å². The lowest BCUT2D eigenvalue weighted by atomic mass is 10.1. The van der Waals surface area contributed by atoms with E-state index in [1.807, 2.05) is 44.2 Å². The molecule has 0 atom stereocenters. The topological polar surface area (TPSA) is 39.4 Å². The van der Waals surface area contributed by atoms with E-state index in [1.165, 1.54) is 0 Å². The van der Waals surface area contributed by atoms with Crippen molar-refractivity contribution >= 4 is 34.2 Å². The third kappa shape index (κ3) is 3.89. The molecule has 4 aromatic rings. The van der Waals surface area contributed by atoms with E-state index in [0.29, 0.717) is 32.3 Å². The number of benzene rings is 3. The summed E-state index contributed by atoms with van der Waals surface area (Å²) in [4.78, 5) is 13.3. The largest absolute Gasteiger partial charge is 0.481 e. The van der Waals surface area contributed by atoms with Gasteiger partial charge in [0.05, 0.1) is 5.39 Å². The number of rotatable bonds is 4. The molecule has 0 radical (unpaired) electrons. The average molecular weight is 425 g/mol. The minimum Gasteiger partial charge on any atom is -0.481 e. The summed E-state index contributed by atoms with van der Waals surface area (Å²) < 4.78 is 12.1. The number of hydrogen-bond donors (Lipinski definition) is 0. The van der Waals surface area contributed by atoms with Crippen LogP contribution in [-0.4, -0.2) is 0 Å². The Hall–Kier alpha value is -2.75. The molecule has 0 unspecified atom stereocenters. The molecule has 0 N–H and O–H groups in total. The molecule has 0 saturated carbocycles. The first-order valence-corrected chi connectivity index (χ1v) is 9.90. The summed E-state index contributed by atoms with van der Waals surface area (Å²) in [6.07, 6.45) is 0. The molecule has 0 bridgehead atoms. The van der Waals surface area contributed by atoms with Crippen LogP contribution in [0.15, 0.2) is 69.9 Å². The van der Waals surface area contributed by atoms with Crippen LogP contribution in [0, 0.1) is 13.8 Å². The van der Waals surface area contributed by atoms with Crippen molar-refractivity contribution in [2.45, 2.75) is 20.5 Å². The van der Waals surface area contributed by atoms with Gasteiger partial charge in [0.25, 0.3) is 0 Å². The quantitative estimate of drug-likeness (QED) is 0.355. The Labute approximate surface area is 178 Å². The summed E-state index contributed by atoms with van der Waals surface area (Å²) in [5.74, 6) is 0.525. The third-order valence-electron chi connectivity index (χ3n) is 4.74. The Bertz CT molecular complexity index is 1240. The summed E-state index contributed by atoms with van der Waals surface area (Å²) in [6.45, 7) is 3.98. The molecular formula is C24H18Cl2O3. The van der Waals surface area contributed by atoms with Crippen LogP contribution in [0.4, 0.5) is 0 Å². The maximum Gasteiger partial charge on any atom is 0.235 e. The van der Waals surface area contributed by atoms with E-state index < -0.39 is 0 Å². The predicted molar refractivity (Wildman–Crippen MR) is 118 cm³/mol. The van der Waals surface area contributed by atoms with Gasteiger partial charge in [0.2, 0.25) is 11.2 Å². The highest BCUT2D eigenvalue weighted by Crippen LogP contribution is 2.33. The summed E-state index contributed by atoms with van der Waals surface area (Å²) in [5, 5.41) is 1.44. The summed E-state index contributed by atoms with van der Waals surface area (Å²) in [7, 11) is 0. The van der Waals surface area contributed by atoms with Crippen LogP contribution in [0.25, 0.3) is 22.3 Å². The third-order valence-corrected chi connectivity index (χ3v) is 5.45. The van der Waals surface area contributed by atoms with Crippen LogP contribution in [-0.2, 0) is 6.61 Å².